The molecule has 0 aliphatic carbocycles. The molecule has 9 heteroatoms. The Hall–Kier alpha value is -1.70. The van der Waals surface area contributed by atoms with Gasteiger partial charge in [0, 0.05) is 18.6 Å². The molecule has 7 nitrogen and oxygen atoms in total. The monoisotopic (exact) mass is 301 g/mol. The smallest absolute Gasteiger partial charge is 0.272 e. The molecular weight excluding hydrogens is 293 g/mol. The average Bonchev–Trinajstić information content (AvgIpc) is 2.77. The second-order valence-electron chi connectivity index (χ2n) is 3.71. The van der Waals surface area contributed by atoms with Gasteiger partial charge in [-0.3, -0.25) is 10.1 Å². The lowest BCUT2D eigenvalue weighted by molar-refractivity contribution is -0.384. The quantitative estimate of drug-likeness (QED) is 0.687. The van der Waals surface area contributed by atoms with E-state index in [0.717, 1.165) is 0 Å². The predicted octanol–water partition coefficient (Wildman–Crippen LogP) is 1.98. The molecular formula is C10H9Cl2N5O2. The Balaban J connectivity index is 2.46. The van der Waals surface area contributed by atoms with Gasteiger partial charge in [0.25, 0.3) is 5.69 Å². The molecule has 0 atom stereocenters. The molecule has 0 unspecified atom stereocenters. The second kappa shape index (κ2) is 5.52. The van der Waals surface area contributed by atoms with E-state index in [1.807, 2.05) is 0 Å². The van der Waals surface area contributed by atoms with Crippen molar-refractivity contribution in [1.82, 2.24) is 15.0 Å². The predicted molar refractivity (Wildman–Crippen MR) is 70.8 cm³/mol. The molecule has 0 aliphatic rings. The Morgan fingerprint density at radius 3 is 2.53 bits per heavy atom. The van der Waals surface area contributed by atoms with Gasteiger partial charge in [0.1, 0.15) is 5.69 Å². The van der Waals surface area contributed by atoms with Crippen LogP contribution in [0, 0.1) is 10.1 Å². The van der Waals surface area contributed by atoms with Crippen LogP contribution in [-0.4, -0.2) is 26.5 Å². The maximum Gasteiger partial charge on any atom is 0.272 e. The topological polar surface area (TPSA) is 99.9 Å². The van der Waals surface area contributed by atoms with Crippen LogP contribution in [0.3, 0.4) is 0 Å². The maximum absolute atomic E-state index is 10.7. The lowest BCUT2D eigenvalue weighted by Gasteiger charge is -2.05. The molecule has 0 fully saturated rings. The summed E-state index contributed by atoms with van der Waals surface area (Å²) in [6.45, 7) is 0.445. The van der Waals surface area contributed by atoms with Crippen LogP contribution in [-0.2, 0) is 6.42 Å². The normalized spacial score (nSPS) is 10.7. The van der Waals surface area contributed by atoms with Crippen LogP contribution in [0.1, 0.15) is 5.69 Å². The number of nitro groups is 1. The third-order valence-electron chi connectivity index (χ3n) is 2.38. The summed E-state index contributed by atoms with van der Waals surface area (Å²) in [5.74, 6) is 0. The molecule has 0 amide bonds. The van der Waals surface area contributed by atoms with Gasteiger partial charge >= 0.3 is 0 Å². The van der Waals surface area contributed by atoms with E-state index in [4.69, 9.17) is 28.9 Å². The first kappa shape index (κ1) is 13.7. The summed E-state index contributed by atoms with van der Waals surface area (Å²) in [6, 6.07) is 2.43. The first-order chi connectivity index (χ1) is 9.02. The summed E-state index contributed by atoms with van der Waals surface area (Å²) >= 11 is 12.0. The van der Waals surface area contributed by atoms with Gasteiger partial charge in [-0.1, -0.05) is 28.4 Å². The highest BCUT2D eigenvalue weighted by Crippen LogP contribution is 2.32. The van der Waals surface area contributed by atoms with Crippen LogP contribution in [0.15, 0.2) is 18.3 Å². The number of hydrogen-bond acceptors (Lipinski definition) is 5. The molecule has 100 valence electrons. The first-order valence-corrected chi connectivity index (χ1v) is 6.03. The number of hydrogen-bond donors (Lipinski definition) is 1. The number of nitrogens with zero attached hydrogens (tertiary/aromatic N) is 4. The number of non-ortho nitro benzene ring substituents is 1. The zero-order valence-corrected chi connectivity index (χ0v) is 11.1. The van der Waals surface area contributed by atoms with Crippen LogP contribution >= 0.6 is 23.2 Å². The summed E-state index contributed by atoms with van der Waals surface area (Å²) in [5, 5.41) is 18.7. The summed E-state index contributed by atoms with van der Waals surface area (Å²) in [7, 11) is 0. The van der Waals surface area contributed by atoms with Crippen LogP contribution in [0.2, 0.25) is 10.0 Å². The average molecular weight is 302 g/mol. The van der Waals surface area contributed by atoms with Crippen molar-refractivity contribution in [2.75, 3.05) is 6.54 Å². The van der Waals surface area contributed by atoms with Crippen molar-refractivity contribution in [2.45, 2.75) is 6.42 Å². The molecule has 19 heavy (non-hydrogen) atoms. The molecule has 2 aromatic rings. The van der Waals surface area contributed by atoms with E-state index in [-0.39, 0.29) is 15.7 Å². The number of aromatic nitrogens is 3. The Morgan fingerprint density at radius 2 is 2.00 bits per heavy atom. The Bertz CT molecular complexity index is 605. The lowest BCUT2D eigenvalue weighted by Crippen LogP contribution is -2.02. The number of halogens is 2. The fourth-order valence-corrected chi connectivity index (χ4v) is 2.20. The number of rotatable bonds is 4. The minimum Gasteiger partial charge on any atom is -0.330 e. The fraction of sp³-hybridized carbons (Fsp3) is 0.200. The van der Waals surface area contributed by atoms with Crippen LogP contribution < -0.4 is 5.73 Å². The molecule has 0 radical (unpaired) electrons. The van der Waals surface area contributed by atoms with Crippen molar-refractivity contribution in [3.63, 3.8) is 0 Å². The van der Waals surface area contributed by atoms with Gasteiger partial charge in [-0.05, 0) is 6.54 Å². The molecule has 1 aromatic heterocycles. The summed E-state index contributed by atoms with van der Waals surface area (Å²) in [4.78, 5) is 10.1. The molecule has 0 bridgehead atoms. The van der Waals surface area contributed by atoms with Gasteiger partial charge in [0.15, 0.2) is 0 Å². The van der Waals surface area contributed by atoms with Crippen molar-refractivity contribution in [1.29, 1.82) is 0 Å². The molecule has 2 rings (SSSR count). The number of benzene rings is 1. The minimum absolute atomic E-state index is 0.128. The SMILES string of the molecule is NCCc1cn(-c2c(Cl)cc([N+](=O)[O-])cc2Cl)nn1. The lowest BCUT2D eigenvalue weighted by atomic mass is 10.2. The molecule has 0 aliphatic heterocycles. The minimum atomic E-state index is -0.567. The van der Waals surface area contributed by atoms with E-state index in [1.54, 1.807) is 6.20 Å². The van der Waals surface area contributed by atoms with Gasteiger partial charge in [0.05, 0.1) is 26.9 Å². The van der Waals surface area contributed by atoms with Gasteiger partial charge in [-0.15, -0.1) is 5.10 Å². The van der Waals surface area contributed by atoms with Crippen LogP contribution in [0.5, 0.6) is 0 Å². The second-order valence-corrected chi connectivity index (χ2v) is 4.52. The standard InChI is InChI=1S/C10H9Cl2N5O2/c11-8-3-7(17(18)19)4-9(12)10(8)16-5-6(1-2-13)14-15-16/h3-5H,1-2,13H2. The van der Waals surface area contributed by atoms with Crippen LogP contribution in [0.25, 0.3) is 5.69 Å². The number of nitro benzene ring substituents is 1. The van der Waals surface area contributed by atoms with Crippen LogP contribution in [0.4, 0.5) is 5.69 Å². The Labute approximate surface area is 118 Å². The van der Waals surface area contributed by atoms with E-state index in [0.29, 0.717) is 24.3 Å². The molecule has 1 aromatic carbocycles. The third-order valence-corrected chi connectivity index (χ3v) is 2.96. The zero-order valence-electron chi connectivity index (χ0n) is 9.58. The highest BCUT2D eigenvalue weighted by Gasteiger charge is 2.17. The Kier molecular flexibility index (Phi) is 3.98. The van der Waals surface area contributed by atoms with Crippen molar-refractivity contribution in [3.05, 3.63) is 44.2 Å². The van der Waals surface area contributed by atoms with Gasteiger partial charge in [-0.2, -0.15) is 0 Å². The van der Waals surface area contributed by atoms with Gasteiger partial charge in [-0.25, -0.2) is 4.68 Å². The van der Waals surface area contributed by atoms with Gasteiger partial charge in [0.2, 0.25) is 0 Å². The zero-order chi connectivity index (χ0) is 14.0. The van der Waals surface area contributed by atoms with Gasteiger partial charge < -0.3 is 5.73 Å². The highest BCUT2D eigenvalue weighted by atomic mass is 35.5. The molecule has 0 spiro atoms. The summed E-state index contributed by atoms with van der Waals surface area (Å²) in [6.07, 6.45) is 2.20. The molecule has 2 N–H and O–H groups in total. The van der Waals surface area contributed by atoms with E-state index in [1.165, 1.54) is 16.8 Å². The van der Waals surface area contributed by atoms with Crippen molar-refractivity contribution >= 4 is 28.9 Å². The highest BCUT2D eigenvalue weighted by molar-refractivity contribution is 6.38. The number of nitrogens with two attached hydrogens (primary N) is 1. The molecule has 1 heterocycles. The first-order valence-electron chi connectivity index (χ1n) is 5.28. The molecule has 0 saturated carbocycles. The Morgan fingerprint density at radius 1 is 1.37 bits per heavy atom. The van der Waals surface area contributed by atoms with Crippen molar-refractivity contribution in [3.8, 4) is 5.69 Å². The van der Waals surface area contributed by atoms with Crippen molar-refractivity contribution in [2.24, 2.45) is 5.73 Å². The summed E-state index contributed by atoms with van der Waals surface area (Å²) in [5.41, 5.74) is 6.28. The largest absolute Gasteiger partial charge is 0.330 e. The third kappa shape index (κ3) is 2.83. The summed E-state index contributed by atoms with van der Waals surface area (Å²) < 4.78 is 1.37. The molecule has 0 saturated heterocycles. The van der Waals surface area contributed by atoms with E-state index >= 15 is 0 Å². The maximum atomic E-state index is 10.7. The van der Waals surface area contributed by atoms with Crippen molar-refractivity contribution < 1.29 is 4.92 Å². The fourth-order valence-electron chi connectivity index (χ4n) is 1.55. The van der Waals surface area contributed by atoms with E-state index in [2.05, 4.69) is 10.3 Å². The van der Waals surface area contributed by atoms with E-state index < -0.39 is 4.92 Å². The van der Waals surface area contributed by atoms with E-state index in [9.17, 15) is 10.1 Å².